The number of hydrogen-bond acceptors (Lipinski definition) is 6. The van der Waals surface area contributed by atoms with E-state index in [2.05, 4.69) is 38.2 Å². The molecule has 2 aromatic carbocycles. The molecule has 3 aromatic rings. The van der Waals surface area contributed by atoms with Crippen molar-refractivity contribution in [1.82, 2.24) is 4.98 Å². The van der Waals surface area contributed by atoms with Gasteiger partial charge in [-0.1, -0.05) is 12.1 Å². The molecule has 0 radical (unpaired) electrons. The first kappa shape index (κ1) is 19.3. The standard InChI is InChI=1S/C20H18IN3O3S/c1-11-6-7-15(22-18(25)13-4-3-5-14(21)8-13)9-16(11)23-20-24-17(10-28-20)19-26-12(2)27-19/h3-10,12,19H,1-2H3,(H,22,25)(H,23,24). The number of carbonyl (C=O) groups excluding carboxylic acids is 1. The molecule has 1 aromatic heterocycles. The predicted octanol–water partition coefficient (Wildman–Crippen LogP) is 5.44. The third-order valence-electron chi connectivity index (χ3n) is 4.22. The van der Waals surface area contributed by atoms with Gasteiger partial charge in [-0.2, -0.15) is 0 Å². The number of nitrogens with one attached hydrogen (secondary N) is 2. The molecular formula is C20H18IN3O3S. The number of rotatable bonds is 5. The van der Waals surface area contributed by atoms with Crippen molar-refractivity contribution in [3.8, 4) is 0 Å². The van der Waals surface area contributed by atoms with Crippen LogP contribution in [0.3, 0.4) is 0 Å². The Kier molecular flexibility index (Phi) is 5.63. The monoisotopic (exact) mass is 507 g/mol. The Bertz CT molecular complexity index is 1020. The van der Waals surface area contributed by atoms with Crippen LogP contribution in [0.15, 0.2) is 47.8 Å². The van der Waals surface area contributed by atoms with Crippen molar-refractivity contribution in [2.45, 2.75) is 26.4 Å². The van der Waals surface area contributed by atoms with Crippen LogP contribution in [-0.4, -0.2) is 17.2 Å². The van der Waals surface area contributed by atoms with Gasteiger partial charge < -0.3 is 20.1 Å². The predicted molar refractivity (Wildman–Crippen MR) is 118 cm³/mol. The van der Waals surface area contributed by atoms with Gasteiger partial charge in [-0.3, -0.25) is 4.79 Å². The van der Waals surface area contributed by atoms with E-state index in [1.807, 2.05) is 55.6 Å². The van der Waals surface area contributed by atoms with Crippen LogP contribution in [0, 0.1) is 10.5 Å². The van der Waals surface area contributed by atoms with Crippen LogP contribution < -0.4 is 10.6 Å². The molecule has 1 aliphatic rings. The summed E-state index contributed by atoms with van der Waals surface area (Å²) in [6, 6.07) is 13.2. The molecular weight excluding hydrogens is 489 g/mol. The first-order valence-electron chi connectivity index (χ1n) is 8.69. The first-order chi connectivity index (χ1) is 13.5. The smallest absolute Gasteiger partial charge is 0.255 e. The van der Waals surface area contributed by atoms with Crippen molar-refractivity contribution in [2.24, 2.45) is 0 Å². The van der Waals surface area contributed by atoms with Crippen molar-refractivity contribution in [1.29, 1.82) is 0 Å². The van der Waals surface area contributed by atoms with Crippen LogP contribution in [0.2, 0.25) is 0 Å². The van der Waals surface area contributed by atoms with Crippen LogP contribution in [0.5, 0.6) is 0 Å². The molecule has 0 saturated carbocycles. The third kappa shape index (κ3) is 4.35. The van der Waals surface area contributed by atoms with Gasteiger partial charge in [0.25, 0.3) is 5.91 Å². The minimum Gasteiger partial charge on any atom is -0.331 e. The highest BCUT2D eigenvalue weighted by Crippen LogP contribution is 2.34. The molecule has 1 aliphatic heterocycles. The van der Waals surface area contributed by atoms with Gasteiger partial charge in [0.15, 0.2) is 11.4 Å². The van der Waals surface area contributed by atoms with Crippen molar-refractivity contribution >= 4 is 56.3 Å². The van der Waals surface area contributed by atoms with E-state index in [-0.39, 0.29) is 18.5 Å². The minimum atomic E-state index is -0.387. The summed E-state index contributed by atoms with van der Waals surface area (Å²) in [7, 11) is 0. The van der Waals surface area contributed by atoms with E-state index in [1.165, 1.54) is 11.3 Å². The van der Waals surface area contributed by atoms with Gasteiger partial charge in [0.05, 0.1) is 0 Å². The van der Waals surface area contributed by atoms with E-state index in [9.17, 15) is 4.79 Å². The van der Waals surface area contributed by atoms with Gasteiger partial charge in [0.2, 0.25) is 6.29 Å². The fraction of sp³-hybridized carbons (Fsp3) is 0.200. The Balaban J connectivity index is 1.47. The summed E-state index contributed by atoms with van der Waals surface area (Å²) in [6.07, 6.45) is -0.569. The summed E-state index contributed by atoms with van der Waals surface area (Å²) >= 11 is 3.67. The van der Waals surface area contributed by atoms with Gasteiger partial charge >= 0.3 is 0 Å². The highest BCUT2D eigenvalue weighted by Gasteiger charge is 2.30. The SMILES string of the molecule is Cc1ccc(NC(=O)c2cccc(I)c2)cc1Nc1nc(C2OC(C)O2)cs1. The van der Waals surface area contributed by atoms with Gasteiger partial charge in [0, 0.05) is 25.9 Å². The molecule has 4 rings (SSSR count). The van der Waals surface area contributed by atoms with E-state index < -0.39 is 0 Å². The highest BCUT2D eigenvalue weighted by atomic mass is 127. The number of thiazole rings is 1. The number of aryl methyl sites for hydroxylation is 1. The lowest BCUT2D eigenvalue weighted by Gasteiger charge is -2.32. The van der Waals surface area contributed by atoms with Gasteiger partial charge in [-0.25, -0.2) is 4.98 Å². The zero-order valence-corrected chi connectivity index (χ0v) is 18.2. The van der Waals surface area contributed by atoms with E-state index in [0.29, 0.717) is 11.3 Å². The van der Waals surface area contributed by atoms with Crippen LogP contribution in [-0.2, 0) is 9.47 Å². The van der Waals surface area contributed by atoms with Gasteiger partial charge in [-0.15, -0.1) is 11.3 Å². The Labute approximate surface area is 180 Å². The second kappa shape index (κ2) is 8.16. The van der Waals surface area contributed by atoms with Crippen molar-refractivity contribution in [3.05, 3.63) is 68.2 Å². The number of halogens is 1. The fourth-order valence-electron chi connectivity index (χ4n) is 2.73. The number of aromatic nitrogens is 1. The largest absolute Gasteiger partial charge is 0.331 e. The molecule has 0 bridgehead atoms. The molecule has 1 fully saturated rings. The number of anilines is 3. The first-order valence-corrected chi connectivity index (χ1v) is 10.6. The Hall–Kier alpha value is -2.01. The summed E-state index contributed by atoms with van der Waals surface area (Å²) in [4.78, 5) is 17.0. The highest BCUT2D eigenvalue weighted by molar-refractivity contribution is 14.1. The number of nitrogens with zero attached hydrogens (tertiary/aromatic N) is 1. The third-order valence-corrected chi connectivity index (χ3v) is 5.66. The van der Waals surface area contributed by atoms with Crippen LogP contribution in [0.25, 0.3) is 0 Å². The van der Waals surface area contributed by atoms with Crippen LogP contribution in [0.1, 0.15) is 34.8 Å². The Morgan fingerprint density at radius 1 is 1.21 bits per heavy atom. The molecule has 2 heterocycles. The maximum atomic E-state index is 12.5. The lowest BCUT2D eigenvalue weighted by Crippen LogP contribution is -2.31. The normalized spacial score (nSPS) is 18.4. The fourth-order valence-corrected chi connectivity index (χ4v) is 4.00. The second-order valence-electron chi connectivity index (χ2n) is 6.37. The number of carbonyl (C=O) groups is 1. The zero-order chi connectivity index (χ0) is 19.7. The lowest BCUT2D eigenvalue weighted by molar-refractivity contribution is -0.383. The maximum absolute atomic E-state index is 12.5. The second-order valence-corrected chi connectivity index (χ2v) is 8.47. The lowest BCUT2D eigenvalue weighted by atomic mass is 10.1. The summed E-state index contributed by atoms with van der Waals surface area (Å²) in [6.45, 7) is 3.85. The number of hydrogen-bond donors (Lipinski definition) is 2. The molecule has 0 unspecified atom stereocenters. The molecule has 0 spiro atoms. The van der Waals surface area contributed by atoms with Gasteiger partial charge in [-0.05, 0) is 72.3 Å². The molecule has 2 N–H and O–H groups in total. The Morgan fingerprint density at radius 3 is 2.79 bits per heavy atom. The minimum absolute atomic E-state index is 0.141. The number of amides is 1. The molecule has 8 heteroatoms. The van der Waals surface area contributed by atoms with Crippen LogP contribution in [0.4, 0.5) is 16.5 Å². The van der Waals surface area contributed by atoms with E-state index in [0.717, 1.165) is 25.6 Å². The molecule has 0 atom stereocenters. The maximum Gasteiger partial charge on any atom is 0.255 e. The molecule has 1 saturated heterocycles. The summed E-state index contributed by atoms with van der Waals surface area (Å²) < 4.78 is 12.0. The number of benzene rings is 2. The number of ether oxygens (including phenoxy) is 2. The molecule has 0 aliphatic carbocycles. The van der Waals surface area contributed by atoms with E-state index in [4.69, 9.17) is 9.47 Å². The summed E-state index contributed by atoms with van der Waals surface area (Å²) in [5, 5.41) is 8.91. The van der Waals surface area contributed by atoms with E-state index in [1.54, 1.807) is 6.07 Å². The average Bonchev–Trinajstić information content (AvgIpc) is 3.10. The average molecular weight is 507 g/mol. The van der Waals surface area contributed by atoms with E-state index >= 15 is 0 Å². The van der Waals surface area contributed by atoms with Crippen molar-refractivity contribution in [3.63, 3.8) is 0 Å². The van der Waals surface area contributed by atoms with Crippen LogP contribution >= 0.6 is 33.9 Å². The summed E-state index contributed by atoms with van der Waals surface area (Å²) in [5.41, 5.74) is 4.03. The van der Waals surface area contributed by atoms with Crippen molar-refractivity contribution < 1.29 is 14.3 Å². The van der Waals surface area contributed by atoms with Gasteiger partial charge in [0.1, 0.15) is 5.69 Å². The molecule has 1 amide bonds. The Morgan fingerprint density at radius 2 is 2.04 bits per heavy atom. The quantitative estimate of drug-likeness (QED) is 0.450. The topological polar surface area (TPSA) is 72.5 Å². The summed E-state index contributed by atoms with van der Waals surface area (Å²) in [5.74, 6) is -0.141. The molecule has 6 nitrogen and oxygen atoms in total. The molecule has 28 heavy (non-hydrogen) atoms. The van der Waals surface area contributed by atoms with Crippen molar-refractivity contribution in [2.75, 3.05) is 10.6 Å². The molecule has 144 valence electrons. The zero-order valence-electron chi connectivity index (χ0n) is 15.2.